The van der Waals surface area contributed by atoms with Gasteiger partial charge in [-0.2, -0.15) is 0 Å². The number of aliphatic hydroxyl groups excluding tert-OH is 1. The molecule has 0 unspecified atom stereocenters. The van der Waals surface area contributed by atoms with E-state index in [1.54, 1.807) is 11.1 Å². The molecule has 7 atom stereocenters. The van der Waals surface area contributed by atoms with Crippen LogP contribution in [0.3, 0.4) is 0 Å². The van der Waals surface area contributed by atoms with E-state index in [2.05, 4.69) is 54.5 Å². The maximum atomic E-state index is 12.3. The lowest BCUT2D eigenvalue weighted by Crippen LogP contribution is -2.55. The Balaban J connectivity index is 1.67. The standard InChI is InChI=1S/C30H48O2/c1-20(2)9-8-10-21(19-31)22-13-17-30(7)24-11-12-25-27(3,4)26(32)15-16-28(25,5)23(24)14-18-29(22,30)6/h9,19,21-22,25-26,32H,8,10-18H2,1-7H3/t21-,22+,25-,26-,28+,29+,30-/m0/s1. The smallest absolute Gasteiger partial charge is 0.123 e. The normalized spacial score (nSPS) is 43.7. The predicted octanol–water partition coefficient (Wildman–Crippen LogP) is 7.66. The molecule has 0 amide bonds. The average molecular weight is 441 g/mol. The van der Waals surface area contributed by atoms with Crippen LogP contribution < -0.4 is 0 Å². The number of fused-ring (bicyclic) bond motifs is 4. The minimum Gasteiger partial charge on any atom is -0.393 e. The summed E-state index contributed by atoms with van der Waals surface area (Å²) in [6.07, 6.45) is 14.8. The highest BCUT2D eigenvalue weighted by atomic mass is 16.3. The van der Waals surface area contributed by atoms with E-state index in [4.69, 9.17) is 0 Å². The van der Waals surface area contributed by atoms with Crippen molar-refractivity contribution in [3.8, 4) is 0 Å². The van der Waals surface area contributed by atoms with Crippen molar-refractivity contribution in [2.45, 2.75) is 119 Å². The molecule has 4 aliphatic rings. The molecule has 2 fully saturated rings. The van der Waals surface area contributed by atoms with E-state index in [-0.39, 0.29) is 33.7 Å². The Morgan fingerprint density at radius 2 is 1.72 bits per heavy atom. The zero-order valence-corrected chi connectivity index (χ0v) is 21.9. The molecule has 0 spiro atoms. The minimum absolute atomic E-state index is 0.00106. The lowest BCUT2D eigenvalue weighted by molar-refractivity contribution is -0.115. The van der Waals surface area contributed by atoms with Crippen LogP contribution in [-0.4, -0.2) is 17.5 Å². The minimum atomic E-state index is -0.169. The van der Waals surface area contributed by atoms with E-state index in [9.17, 15) is 9.90 Å². The molecule has 32 heavy (non-hydrogen) atoms. The lowest BCUT2D eigenvalue weighted by Gasteiger charge is -2.62. The Morgan fingerprint density at radius 3 is 2.38 bits per heavy atom. The van der Waals surface area contributed by atoms with Gasteiger partial charge in [0.05, 0.1) is 6.10 Å². The molecule has 0 saturated heterocycles. The summed E-state index contributed by atoms with van der Waals surface area (Å²) in [7, 11) is 0. The first kappa shape index (κ1) is 24.2. The molecule has 0 radical (unpaired) electrons. The molecular formula is C30H48O2. The maximum Gasteiger partial charge on any atom is 0.123 e. The Bertz CT molecular complexity index is 815. The molecular weight excluding hydrogens is 392 g/mol. The molecule has 2 nitrogen and oxygen atoms in total. The van der Waals surface area contributed by atoms with Crippen molar-refractivity contribution < 1.29 is 9.90 Å². The second kappa shape index (κ2) is 8.10. The van der Waals surface area contributed by atoms with Crippen LogP contribution in [-0.2, 0) is 4.79 Å². The van der Waals surface area contributed by atoms with E-state index in [1.165, 1.54) is 50.4 Å². The fourth-order valence-electron chi connectivity index (χ4n) is 9.33. The summed E-state index contributed by atoms with van der Waals surface area (Å²) in [5, 5.41) is 10.8. The van der Waals surface area contributed by atoms with Crippen molar-refractivity contribution in [1.29, 1.82) is 0 Å². The van der Waals surface area contributed by atoms with E-state index in [0.29, 0.717) is 11.8 Å². The SMILES string of the molecule is CC(C)=CCC[C@@H](C=O)[C@H]1CC[C@@]2(C)C3=C(CC[C@]12C)[C@@]1(C)CC[C@H](O)C(C)(C)[C@@H]1CC3. The number of carbonyl (C=O) groups excluding carboxylic acids is 1. The molecule has 2 heteroatoms. The summed E-state index contributed by atoms with van der Waals surface area (Å²) >= 11 is 0. The van der Waals surface area contributed by atoms with Crippen LogP contribution in [0.25, 0.3) is 0 Å². The first-order valence-corrected chi connectivity index (χ1v) is 13.4. The third kappa shape index (κ3) is 3.33. The Morgan fingerprint density at radius 1 is 1.00 bits per heavy atom. The fourth-order valence-corrected chi connectivity index (χ4v) is 9.33. The van der Waals surface area contributed by atoms with Gasteiger partial charge in [-0.05, 0) is 112 Å². The summed E-state index contributed by atoms with van der Waals surface area (Å²) in [6.45, 7) is 16.6. The van der Waals surface area contributed by atoms with E-state index in [1.807, 2.05) is 0 Å². The second-order valence-electron chi connectivity index (χ2n) is 13.4. The number of rotatable bonds is 5. The van der Waals surface area contributed by atoms with Gasteiger partial charge >= 0.3 is 0 Å². The van der Waals surface area contributed by atoms with Crippen molar-refractivity contribution in [3.63, 3.8) is 0 Å². The number of aldehydes is 1. The van der Waals surface area contributed by atoms with Crippen molar-refractivity contribution in [2.24, 2.45) is 39.4 Å². The van der Waals surface area contributed by atoms with Crippen LogP contribution in [0, 0.1) is 39.4 Å². The summed E-state index contributed by atoms with van der Waals surface area (Å²) in [5.74, 6) is 1.28. The first-order valence-electron chi connectivity index (χ1n) is 13.4. The van der Waals surface area contributed by atoms with Crippen LogP contribution in [0.1, 0.15) is 113 Å². The Kier molecular flexibility index (Phi) is 6.14. The lowest BCUT2D eigenvalue weighted by atomic mass is 9.43. The van der Waals surface area contributed by atoms with Gasteiger partial charge in [-0.15, -0.1) is 0 Å². The highest BCUT2D eigenvalue weighted by Crippen LogP contribution is 2.72. The largest absolute Gasteiger partial charge is 0.393 e. The topological polar surface area (TPSA) is 37.3 Å². The summed E-state index contributed by atoms with van der Waals surface area (Å²) in [4.78, 5) is 12.3. The summed E-state index contributed by atoms with van der Waals surface area (Å²) in [6, 6.07) is 0. The molecule has 4 rings (SSSR count). The van der Waals surface area contributed by atoms with Gasteiger partial charge in [0.2, 0.25) is 0 Å². The molecule has 0 bridgehead atoms. The van der Waals surface area contributed by atoms with Crippen LogP contribution in [0.4, 0.5) is 0 Å². The third-order valence-corrected chi connectivity index (χ3v) is 11.5. The van der Waals surface area contributed by atoms with Gasteiger partial charge in [0.15, 0.2) is 0 Å². The Labute approximate surface area is 197 Å². The third-order valence-electron chi connectivity index (χ3n) is 11.5. The van der Waals surface area contributed by atoms with Crippen LogP contribution >= 0.6 is 0 Å². The van der Waals surface area contributed by atoms with E-state index >= 15 is 0 Å². The summed E-state index contributed by atoms with van der Waals surface area (Å²) in [5.41, 5.74) is 5.60. The van der Waals surface area contributed by atoms with Gasteiger partial charge in [0.25, 0.3) is 0 Å². The molecule has 0 heterocycles. The fraction of sp³-hybridized carbons (Fsp3) is 0.833. The van der Waals surface area contributed by atoms with Gasteiger partial charge < -0.3 is 9.90 Å². The number of allylic oxidation sites excluding steroid dienone is 4. The molecule has 0 aromatic carbocycles. The van der Waals surface area contributed by atoms with Crippen molar-refractivity contribution in [1.82, 2.24) is 0 Å². The quantitative estimate of drug-likeness (QED) is 0.352. The van der Waals surface area contributed by atoms with E-state index < -0.39 is 0 Å². The number of hydrogen-bond donors (Lipinski definition) is 1. The van der Waals surface area contributed by atoms with Crippen LogP contribution in [0.15, 0.2) is 22.8 Å². The second-order valence-corrected chi connectivity index (χ2v) is 13.4. The molecule has 4 aliphatic carbocycles. The van der Waals surface area contributed by atoms with Crippen LogP contribution in [0.2, 0.25) is 0 Å². The predicted molar refractivity (Wildman–Crippen MR) is 133 cm³/mol. The van der Waals surface area contributed by atoms with Gasteiger partial charge in [0, 0.05) is 5.92 Å². The molecule has 0 aromatic heterocycles. The molecule has 2 saturated carbocycles. The summed E-state index contributed by atoms with van der Waals surface area (Å²) < 4.78 is 0. The highest BCUT2D eigenvalue weighted by Gasteiger charge is 2.63. The molecule has 180 valence electrons. The van der Waals surface area contributed by atoms with E-state index in [0.717, 1.165) is 25.7 Å². The van der Waals surface area contributed by atoms with Gasteiger partial charge in [0.1, 0.15) is 6.29 Å². The van der Waals surface area contributed by atoms with Crippen molar-refractivity contribution in [2.75, 3.05) is 0 Å². The van der Waals surface area contributed by atoms with Gasteiger partial charge in [-0.3, -0.25) is 0 Å². The Hall–Kier alpha value is -0.890. The average Bonchev–Trinajstić information content (AvgIpc) is 3.00. The molecule has 1 N–H and O–H groups in total. The number of aliphatic hydroxyl groups is 1. The van der Waals surface area contributed by atoms with Gasteiger partial charge in [-0.1, -0.05) is 57.4 Å². The van der Waals surface area contributed by atoms with Gasteiger partial charge in [-0.25, -0.2) is 0 Å². The molecule has 0 aromatic rings. The first-order chi connectivity index (χ1) is 14.9. The highest BCUT2D eigenvalue weighted by molar-refractivity contribution is 5.55. The number of carbonyl (C=O) groups is 1. The van der Waals surface area contributed by atoms with Crippen LogP contribution in [0.5, 0.6) is 0 Å². The zero-order valence-electron chi connectivity index (χ0n) is 21.9. The number of hydrogen-bond acceptors (Lipinski definition) is 2. The monoisotopic (exact) mass is 440 g/mol. The van der Waals surface area contributed by atoms with Crippen molar-refractivity contribution in [3.05, 3.63) is 22.8 Å². The van der Waals surface area contributed by atoms with Crippen molar-refractivity contribution >= 4 is 6.29 Å². The zero-order chi connectivity index (χ0) is 23.5. The maximum absolute atomic E-state index is 12.3. The molecule has 0 aliphatic heterocycles.